The molecule has 3 aromatic rings. The number of pyridine rings is 1. The fourth-order valence-corrected chi connectivity index (χ4v) is 6.05. The molecule has 1 aliphatic carbocycles. The molecule has 11 nitrogen and oxygen atoms in total. The molecule has 0 bridgehead atoms. The number of anilines is 2. The fourth-order valence-electron chi connectivity index (χ4n) is 5.25. The number of rotatable bonds is 11. The van der Waals surface area contributed by atoms with Gasteiger partial charge < -0.3 is 20.0 Å². The van der Waals surface area contributed by atoms with Crippen molar-refractivity contribution in [1.29, 1.82) is 0 Å². The van der Waals surface area contributed by atoms with E-state index < -0.39 is 15.6 Å². The smallest absolute Gasteiger partial charge is 0.249 e. The summed E-state index contributed by atoms with van der Waals surface area (Å²) < 4.78 is 32.3. The maximum absolute atomic E-state index is 13.2. The number of carbonyl (C=O) groups excluding carboxylic acids is 1. The van der Waals surface area contributed by atoms with E-state index in [1.54, 1.807) is 6.07 Å². The van der Waals surface area contributed by atoms with Gasteiger partial charge in [-0.15, -0.1) is 10.2 Å². The third-order valence-electron chi connectivity index (χ3n) is 8.12. The lowest BCUT2D eigenvalue weighted by Gasteiger charge is -2.28. The summed E-state index contributed by atoms with van der Waals surface area (Å²) >= 11 is 6.80. The molecule has 1 saturated heterocycles. The minimum Gasteiger partial charge on any atom is -0.419 e. The lowest BCUT2D eigenvalue weighted by atomic mass is 9.94. The van der Waals surface area contributed by atoms with Gasteiger partial charge in [-0.05, 0) is 56.1 Å². The maximum Gasteiger partial charge on any atom is 0.249 e. The van der Waals surface area contributed by atoms with Crippen LogP contribution in [0.4, 0.5) is 11.6 Å². The predicted octanol–water partition coefficient (Wildman–Crippen LogP) is 3.68. The maximum atomic E-state index is 13.2. The molecule has 42 heavy (non-hydrogen) atoms. The van der Waals surface area contributed by atoms with Gasteiger partial charge in [0.15, 0.2) is 5.82 Å². The molecule has 1 aliphatic heterocycles. The first kappa shape index (κ1) is 30.2. The molecule has 3 atom stereocenters. The predicted molar refractivity (Wildman–Crippen MR) is 163 cm³/mol. The highest BCUT2D eigenvalue weighted by molar-refractivity contribution is 7.92. The third kappa shape index (κ3) is 6.71. The van der Waals surface area contributed by atoms with Crippen molar-refractivity contribution in [3.8, 4) is 11.5 Å². The summed E-state index contributed by atoms with van der Waals surface area (Å²) in [6.45, 7) is 6.17. The molecular weight excluding hydrogens is 578 g/mol. The molecule has 2 fully saturated rings. The van der Waals surface area contributed by atoms with Crippen molar-refractivity contribution in [3.63, 3.8) is 0 Å². The van der Waals surface area contributed by atoms with Crippen LogP contribution in [-0.2, 0) is 26.8 Å². The number of likely N-dealkylation sites (tertiary alicyclic amines) is 1. The van der Waals surface area contributed by atoms with Crippen LogP contribution in [0.5, 0.6) is 0 Å². The minimum absolute atomic E-state index is 0.00804. The van der Waals surface area contributed by atoms with Crippen LogP contribution in [0.2, 0.25) is 5.02 Å². The van der Waals surface area contributed by atoms with Crippen molar-refractivity contribution >= 4 is 39.2 Å². The number of aromatic nitrogens is 3. The van der Waals surface area contributed by atoms with Gasteiger partial charge in [0.2, 0.25) is 27.7 Å². The average Bonchev–Trinajstić information content (AvgIpc) is 3.35. The van der Waals surface area contributed by atoms with Crippen LogP contribution < -0.4 is 14.9 Å². The Morgan fingerprint density at radius 3 is 2.50 bits per heavy atom. The summed E-state index contributed by atoms with van der Waals surface area (Å²) in [5.41, 5.74) is 6.97. The van der Waals surface area contributed by atoms with E-state index in [1.807, 2.05) is 47.1 Å². The van der Waals surface area contributed by atoms with Crippen molar-refractivity contribution in [2.24, 2.45) is 17.6 Å². The first-order valence-electron chi connectivity index (χ1n) is 14.2. The van der Waals surface area contributed by atoms with Gasteiger partial charge in [-0.2, -0.15) is 0 Å². The van der Waals surface area contributed by atoms with Gasteiger partial charge >= 0.3 is 0 Å². The molecule has 13 heteroatoms. The molecule has 1 aromatic carbocycles. The van der Waals surface area contributed by atoms with Gasteiger partial charge in [0, 0.05) is 26.7 Å². The van der Waals surface area contributed by atoms with Crippen molar-refractivity contribution < 1.29 is 17.6 Å². The quantitative estimate of drug-likeness (QED) is 0.342. The molecule has 2 N–H and O–H groups in total. The Balaban J connectivity index is 1.55. The number of hydrogen-bond donors (Lipinski definition) is 1. The van der Waals surface area contributed by atoms with Crippen molar-refractivity contribution in [3.05, 3.63) is 52.9 Å². The molecule has 2 aromatic heterocycles. The van der Waals surface area contributed by atoms with Crippen LogP contribution in [0.15, 0.2) is 40.8 Å². The second kappa shape index (κ2) is 11.8. The van der Waals surface area contributed by atoms with E-state index in [1.165, 1.54) is 7.05 Å². The van der Waals surface area contributed by atoms with Crippen LogP contribution in [0.3, 0.4) is 0 Å². The highest BCUT2D eigenvalue weighted by Gasteiger charge is 2.36. The molecule has 0 radical (unpaired) electrons. The van der Waals surface area contributed by atoms with Gasteiger partial charge in [0.1, 0.15) is 5.82 Å². The van der Waals surface area contributed by atoms with Crippen LogP contribution in [0, 0.1) is 11.8 Å². The molecule has 1 amide bonds. The molecule has 2 unspecified atom stereocenters. The molecule has 226 valence electrons. The van der Waals surface area contributed by atoms with E-state index in [0.29, 0.717) is 36.2 Å². The van der Waals surface area contributed by atoms with Gasteiger partial charge in [-0.1, -0.05) is 48.9 Å². The SMILES string of the molecule is CC1CC1CN(CC(=O)N1CCCC1)c1cc(-c2nnc([C@](C)(N)Cc3ccccc3)o2)c(Cl)c(N(C)S(C)(=O)=O)n1. The summed E-state index contributed by atoms with van der Waals surface area (Å²) in [7, 11) is -2.34. The Hall–Kier alpha value is -3.22. The summed E-state index contributed by atoms with van der Waals surface area (Å²) in [5, 5.41) is 8.53. The summed E-state index contributed by atoms with van der Waals surface area (Å²) in [6, 6.07) is 11.4. The third-order valence-corrected chi connectivity index (χ3v) is 9.66. The zero-order valence-electron chi connectivity index (χ0n) is 24.5. The molecule has 2 aliphatic rings. The normalized spacial score (nSPS) is 19.9. The average molecular weight is 616 g/mol. The lowest BCUT2D eigenvalue weighted by Crippen LogP contribution is -2.40. The first-order chi connectivity index (χ1) is 19.8. The van der Waals surface area contributed by atoms with E-state index in [-0.39, 0.29) is 35.1 Å². The zero-order chi connectivity index (χ0) is 30.2. The lowest BCUT2D eigenvalue weighted by molar-refractivity contribution is -0.128. The second-order valence-electron chi connectivity index (χ2n) is 11.8. The number of benzene rings is 1. The highest BCUT2D eigenvalue weighted by Crippen LogP contribution is 2.41. The van der Waals surface area contributed by atoms with Gasteiger partial charge in [0.25, 0.3) is 0 Å². The van der Waals surface area contributed by atoms with E-state index >= 15 is 0 Å². The van der Waals surface area contributed by atoms with Gasteiger partial charge in [-0.3, -0.25) is 9.10 Å². The van der Waals surface area contributed by atoms with E-state index in [0.717, 1.165) is 48.5 Å². The zero-order valence-corrected chi connectivity index (χ0v) is 26.0. The Kier molecular flexibility index (Phi) is 8.51. The Bertz CT molecular complexity index is 1540. The largest absolute Gasteiger partial charge is 0.419 e. The number of carbonyl (C=O) groups is 1. The van der Waals surface area contributed by atoms with E-state index in [4.69, 9.17) is 21.8 Å². The summed E-state index contributed by atoms with van der Waals surface area (Å²) in [4.78, 5) is 21.7. The molecular formula is C29H38ClN7O4S. The number of halogens is 1. The number of amides is 1. The standard InChI is InChI=1S/C29H38ClN7O4S/c1-19-14-21(19)17-37(18-24(38)36-12-8-9-13-36)23-15-22(25(30)26(32-23)35(3)42(4,39)40)27-33-34-28(41-27)29(2,31)16-20-10-6-5-7-11-20/h5-7,10-11,15,19,21H,8-9,12-14,16-18,31H2,1-4H3/t19?,21?,29-/m1/s1. The molecule has 0 spiro atoms. The Morgan fingerprint density at radius 2 is 1.88 bits per heavy atom. The number of sulfonamides is 1. The molecule has 3 heterocycles. The number of nitrogens with two attached hydrogens (primary N) is 1. The molecule has 1 saturated carbocycles. The Morgan fingerprint density at radius 1 is 1.21 bits per heavy atom. The van der Waals surface area contributed by atoms with Crippen molar-refractivity contribution in [2.75, 3.05) is 48.7 Å². The first-order valence-corrected chi connectivity index (χ1v) is 16.4. The van der Waals surface area contributed by atoms with Crippen molar-refractivity contribution in [1.82, 2.24) is 20.1 Å². The van der Waals surface area contributed by atoms with Gasteiger partial charge in [0.05, 0.1) is 28.9 Å². The minimum atomic E-state index is -3.72. The van der Waals surface area contributed by atoms with Crippen LogP contribution in [0.1, 0.15) is 44.6 Å². The summed E-state index contributed by atoms with van der Waals surface area (Å²) in [6.07, 6.45) is 4.56. The number of nitrogens with zero attached hydrogens (tertiary/aromatic N) is 6. The summed E-state index contributed by atoms with van der Waals surface area (Å²) in [5.74, 6) is 1.65. The topological polar surface area (TPSA) is 139 Å². The van der Waals surface area contributed by atoms with Crippen molar-refractivity contribution in [2.45, 2.75) is 45.1 Å². The highest BCUT2D eigenvalue weighted by atomic mass is 35.5. The number of hydrogen-bond acceptors (Lipinski definition) is 9. The van der Waals surface area contributed by atoms with Crippen LogP contribution >= 0.6 is 11.6 Å². The second-order valence-corrected chi connectivity index (χ2v) is 14.2. The van der Waals surface area contributed by atoms with Crippen LogP contribution in [-0.4, -0.2) is 73.9 Å². The van der Waals surface area contributed by atoms with Gasteiger partial charge in [-0.25, -0.2) is 13.4 Å². The molecule has 5 rings (SSSR count). The Labute approximate surface area is 252 Å². The van der Waals surface area contributed by atoms with E-state index in [9.17, 15) is 13.2 Å². The van der Waals surface area contributed by atoms with Crippen LogP contribution in [0.25, 0.3) is 11.5 Å². The fraction of sp³-hybridized carbons (Fsp3) is 0.517. The monoisotopic (exact) mass is 615 g/mol. The van der Waals surface area contributed by atoms with E-state index in [2.05, 4.69) is 22.1 Å².